The van der Waals surface area contributed by atoms with E-state index in [2.05, 4.69) is 5.16 Å². The number of rotatable bonds is 7. The van der Waals surface area contributed by atoms with Crippen LogP contribution in [0.1, 0.15) is 40.0 Å². The highest BCUT2D eigenvalue weighted by atomic mass is 16.5. The Morgan fingerprint density at radius 3 is 2.43 bits per heavy atom. The van der Waals surface area contributed by atoms with Crippen molar-refractivity contribution >= 4 is 17.8 Å². The molecule has 156 valence electrons. The lowest BCUT2D eigenvalue weighted by Gasteiger charge is -2.11. The number of carbonyl (C=O) groups is 2. The summed E-state index contributed by atoms with van der Waals surface area (Å²) in [5.41, 5.74) is 3.16. The van der Waals surface area contributed by atoms with Gasteiger partial charge in [0.25, 0.3) is 0 Å². The largest absolute Gasteiger partial charge is 0.497 e. The molecule has 1 unspecified atom stereocenters. The van der Waals surface area contributed by atoms with Gasteiger partial charge in [-0.2, -0.15) is 0 Å². The molecule has 0 spiro atoms. The summed E-state index contributed by atoms with van der Waals surface area (Å²) in [5, 5.41) is 4.04. The first kappa shape index (κ1) is 21.1. The van der Waals surface area contributed by atoms with Crippen LogP contribution in [0, 0.1) is 20.8 Å². The normalized spacial score (nSPS) is 12.2. The molecular weight excluding hydrogens is 384 g/mol. The second kappa shape index (κ2) is 8.82. The monoisotopic (exact) mass is 408 g/mol. The summed E-state index contributed by atoms with van der Waals surface area (Å²) in [4.78, 5) is 24.7. The molecule has 0 fully saturated rings. The predicted molar refractivity (Wildman–Crippen MR) is 112 cm³/mol. The third kappa shape index (κ3) is 4.51. The van der Waals surface area contributed by atoms with Crippen LogP contribution in [-0.4, -0.2) is 34.7 Å². The lowest BCUT2D eigenvalue weighted by molar-refractivity contribution is -0.140. The molecule has 3 aromatic rings. The van der Waals surface area contributed by atoms with Crippen molar-refractivity contribution in [1.82, 2.24) is 9.72 Å². The van der Waals surface area contributed by atoms with Gasteiger partial charge in [-0.05, 0) is 69.7 Å². The third-order valence-electron chi connectivity index (χ3n) is 4.75. The van der Waals surface area contributed by atoms with Crippen LogP contribution >= 0.6 is 0 Å². The molecule has 0 aliphatic rings. The Kier molecular flexibility index (Phi) is 6.20. The van der Waals surface area contributed by atoms with Crippen molar-refractivity contribution in [3.8, 4) is 11.6 Å². The number of methoxy groups -OCH3 is 1. The molecule has 1 atom stereocenters. The Bertz CT molecular complexity index is 1090. The molecule has 2 heterocycles. The van der Waals surface area contributed by atoms with Crippen molar-refractivity contribution in [2.45, 2.75) is 33.8 Å². The summed E-state index contributed by atoms with van der Waals surface area (Å²) in [7, 11) is 1.55. The van der Waals surface area contributed by atoms with Crippen LogP contribution < -0.4 is 4.74 Å². The Labute approximate surface area is 174 Å². The Morgan fingerprint density at radius 1 is 1.13 bits per heavy atom. The fourth-order valence-corrected chi connectivity index (χ4v) is 3.18. The van der Waals surface area contributed by atoms with E-state index in [9.17, 15) is 9.59 Å². The minimum Gasteiger partial charge on any atom is -0.497 e. The number of Topliss-reactive ketones (excluding diaryl/α,β-unsaturated/α-hetero) is 1. The summed E-state index contributed by atoms with van der Waals surface area (Å²) in [6, 6.07) is 10.4. The molecule has 30 heavy (non-hydrogen) atoms. The zero-order chi connectivity index (χ0) is 21.8. The van der Waals surface area contributed by atoms with E-state index < -0.39 is 12.1 Å². The Balaban J connectivity index is 1.67. The summed E-state index contributed by atoms with van der Waals surface area (Å²) in [6.45, 7) is 7.26. The highest BCUT2D eigenvalue weighted by molar-refractivity contribution is 6.01. The molecule has 0 radical (unpaired) electrons. The van der Waals surface area contributed by atoms with Crippen molar-refractivity contribution < 1.29 is 23.6 Å². The molecule has 0 bridgehead atoms. The van der Waals surface area contributed by atoms with Crippen LogP contribution in [0.5, 0.6) is 5.75 Å². The number of aromatic nitrogens is 2. The molecular formula is C23H24N2O5. The lowest BCUT2D eigenvalue weighted by Crippen LogP contribution is -2.23. The summed E-state index contributed by atoms with van der Waals surface area (Å²) >= 11 is 0. The maximum Gasteiger partial charge on any atom is 0.331 e. The van der Waals surface area contributed by atoms with Crippen molar-refractivity contribution in [2.24, 2.45) is 0 Å². The first-order valence-electron chi connectivity index (χ1n) is 9.49. The highest BCUT2D eigenvalue weighted by Gasteiger charge is 2.19. The van der Waals surface area contributed by atoms with Gasteiger partial charge in [0, 0.05) is 29.1 Å². The van der Waals surface area contributed by atoms with Gasteiger partial charge in [0.05, 0.1) is 7.11 Å². The van der Waals surface area contributed by atoms with Crippen molar-refractivity contribution in [1.29, 1.82) is 0 Å². The molecule has 0 saturated carbocycles. The molecule has 1 aromatic carbocycles. The number of aryl methyl sites for hydroxylation is 2. The zero-order valence-corrected chi connectivity index (χ0v) is 17.6. The van der Waals surface area contributed by atoms with E-state index in [1.54, 1.807) is 44.4 Å². The van der Waals surface area contributed by atoms with Crippen LogP contribution in [0.3, 0.4) is 0 Å². The van der Waals surface area contributed by atoms with Gasteiger partial charge in [0.15, 0.2) is 11.9 Å². The third-order valence-corrected chi connectivity index (χ3v) is 4.75. The fraction of sp³-hybridized carbons (Fsp3) is 0.261. The second-order valence-electron chi connectivity index (χ2n) is 6.96. The molecule has 7 heteroatoms. The lowest BCUT2D eigenvalue weighted by atomic mass is 10.1. The highest BCUT2D eigenvalue weighted by Crippen LogP contribution is 2.22. The average molecular weight is 408 g/mol. The predicted octanol–water partition coefficient (Wildman–Crippen LogP) is 4.23. The summed E-state index contributed by atoms with van der Waals surface area (Å²) in [5.74, 6) is 1.18. The number of ketones is 1. The quantitative estimate of drug-likeness (QED) is 0.331. The van der Waals surface area contributed by atoms with E-state index >= 15 is 0 Å². The van der Waals surface area contributed by atoms with Gasteiger partial charge >= 0.3 is 5.97 Å². The number of esters is 1. The number of benzene rings is 1. The minimum atomic E-state index is -0.902. The maximum atomic E-state index is 12.5. The SMILES string of the molecule is COc1ccc(C(=O)C(C)OC(=O)/C=C/c2cc(C)n(-c3cc(C)on3)c2C)cc1. The molecule has 0 aliphatic carbocycles. The number of carbonyl (C=O) groups excluding carboxylic acids is 2. The fourth-order valence-electron chi connectivity index (χ4n) is 3.18. The molecule has 0 amide bonds. The number of ether oxygens (including phenoxy) is 2. The van der Waals surface area contributed by atoms with Gasteiger partial charge < -0.3 is 14.0 Å². The van der Waals surface area contributed by atoms with Gasteiger partial charge in [-0.25, -0.2) is 4.79 Å². The molecule has 2 aromatic heterocycles. The van der Waals surface area contributed by atoms with Gasteiger partial charge in [0.2, 0.25) is 5.78 Å². The minimum absolute atomic E-state index is 0.279. The van der Waals surface area contributed by atoms with E-state index in [4.69, 9.17) is 14.0 Å². The van der Waals surface area contributed by atoms with Crippen LogP contribution in [0.15, 0.2) is 47.0 Å². The first-order chi connectivity index (χ1) is 14.3. The van der Waals surface area contributed by atoms with Crippen molar-refractivity contribution in [3.63, 3.8) is 0 Å². The Morgan fingerprint density at radius 2 is 1.83 bits per heavy atom. The summed E-state index contributed by atoms with van der Waals surface area (Å²) in [6.07, 6.45) is 2.08. The van der Waals surface area contributed by atoms with E-state index in [0.29, 0.717) is 22.9 Å². The molecule has 0 saturated heterocycles. The van der Waals surface area contributed by atoms with Crippen LogP contribution in [-0.2, 0) is 9.53 Å². The number of hydrogen-bond donors (Lipinski definition) is 0. The standard InChI is InChI=1S/C23H24N2O5/c1-14-12-19(16(3)25(14)21-13-15(2)30-24-21)8-11-22(26)29-17(4)23(27)18-6-9-20(28-5)10-7-18/h6-13,17H,1-5H3/b11-8+. The van der Waals surface area contributed by atoms with E-state index in [1.165, 1.54) is 6.08 Å². The number of hydrogen-bond acceptors (Lipinski definition) is 6. The molecule has 0 aliphatic heterocycles. The van der Waals surface area contributed by atoms with Crippen LogP contribution in [0.25, 0.3) is 11.9 Å². The molecule has 0 N–H and O–H groups in total. The topological polar surface area (TPSA) is 83.6 Å². The Hall–Kier alpha value is -3.61. The molecule has 3 rings (SSSR count). The smallest absolute Gasteiger partial charge is 0.331 e. The van der Waals surface area contributed by atoms with Crippen LogP contribution in [0.4, 0.5) is 0 Å². The van der Waals surface area contributed by atoms with E-state index in [0.717, 1.165) is 17.0 Å². The van der Waals surface area contributed by atoms with Crippen molar-refractivity contribution in [2.75, 3.05) is 7.11 Å². The molecule has 7 nitrogen and oxygen atoms in total. The van der Waals surface area contributed by atoms with Crippen LogP contribution in [0.2, 0.25) is 0 Å². The van der Waals surface area contributed by atoms with Gasteiger partial charge in [-0.3, -0.25) is 9.36 Å². The van der Waals surface area contributed by atoms with Gasteiger partial charge in [-0.1, -0.05) is 5.16 Å². The first-order valence-corrected chi connectivity index (χ1v) is 9.49. The van der Waals surface area contributed by atoms with Gasteiger partial charge in [0.1, 0.15) is 11.5 Å². The maximum absolute atomic E-state index is 12.5. The van der Waals surface area contributed by atoms with Crippen molar-refractivity contribution in [3.05, 3.63) is 70.7 Å². The van der Waals surface area contributed by atoms with E-state index in [1.807, 2.05) is 37.5 Å². The van der Waals surface area contributed by atoms with E-state index in [-0.39, 0.29) is 5.78 Å². The second-order valence-corrected chi connectivity index (χ2v) is 6.96. The zero-order valence-electron chi connectivity index (χ0n) is 17.6. The van der Waals surface area contributed by atoms with Gasteiger partial charge in [-0.15, -0.1) is 0 Å². The number of nitrogens with zero attached hydrogens (tertiary/aromatic N) is 2. The summed E-state index contributed by atoms with van der Waals surface area (Å²) < 4.78 is 17.4. The average Bonchev–Trinajstić information content (AvgIpc) is 3.27.